The Morgan fingerprint density at radius 2 is 2.30 bits per heavy atom. The second-order valence-corrected chi connectivity index (χ2v) is 3.01. The minimum absolute atomic E-state index is 0.790. The maximum Gasteiger partial charge on any atom is 0.0658 e. The molecule has 50 valence electrons. The van der Waals surface area contributed by atoms with E-state index in [4.69, 9.17) is 0 Å². The smallest absolute Gasteiger partial charge is 0.0658 e. The third kappa shape index (κ3) is 0.778. The molecule has 1 aliphatic heterocycles. The van der Waals surface area contributed by atoms with Crippen LogP contribution in [-0.2, 0) is 6.54 Å². The van der Waals surface area contributed by atoms with Crippen LogP contribution in [0.1, 0.15) is 11.1 Å². The highest BCUT2D eigenvalue weighted by Gasteiger charge is 2.08. The molecule has 0 N–H and O–H groups in total. The molecular formula is C7H5BrN2. The van der Waals surface area contributed by atoms with Gasteiger partial charge in [-0.3, -0.25) is 9.98 Å². The lowest BCUT2D eigenvalue weighted by atomic mass is 10.2. The second kappa shape index (κ2) is 2.16. The molecule has 0 amide bonds. The highest BCUT2D eigenvalue weighted by molar-refractivity contribution is 9.10. The van der Waals surface area contributed by atoms with E-state index in [1.165, 1.54) is 5.56 Å². The Balaban J connectivity index is 2.66. The van der Waals surface area contributed by atoms with Crippen molar-refractivity contribution in [3.8, 4) is 0 Å². The van der Waals surface area contributed by atoms with Crippen molar-refractivity contribution >= 4 is 22.1 Å². The van der Waals surface area contributed by atoms with E-state index < -0.39 is 0 Å². The SMILES string of the molecule is Brc1cncc2c1CN=C2. The van der Waals surface area contributed by atoms with Crippen LogP contribution in [0.15, 0.2) is 21.9 Å². The van der Waals surface area contributed by atoms with E-state index in [0.29, 0.717) is 0 Å². The average Bonchev–Trinajstić information content (AvgIpc) is 2.36. The highest BCUT2D eigenvalue weighted by Crippen LogP contribution is 2.22. The predicted molar refractivity (Wildman–Crippen MR) is 43.2 cm³/mol. The van der Waals surface area contributed by atoms with Gasteiger partial charge in [0, 0.05) is 28.6 Å². The van der Waals surface area contributed by atoms with Crippen molar-refractivity contribution in [3.63, 3.8) is 0 Å². The molecule has 0 bridgehead atoms. The van der Waals surface area contributed by atoms with Gasteiger partial charge in [-0.1, -0.05) is 0 Å². The van der Waals surface area contributed by atoms with Crippen molar-refractivity contribution in [2.75, 3.05) is 0 Å². The number of fused-ring (bicyclic) bond motifs is 1. The van der Waals surface area contributed by atoms with Gasteiger partial charge in [0.2, 0.25) is 0 Å². The van der Waals surface area contributed by atoms with Crippen molar-refractivity contribution in [1.82, 2.24) is 4.98 Å². The molecule has 0 fully saturated rings. The van der Waals surface area contributed by atoms with Crippen LogP contribution >= 0.6 is 15.9 Å². The number of hydrogen-bond acceptors (Lipinski definition) is 2. The standard InChI is InChI=1S/C7H5BrN2/c8-7-4-10-2-5-1-9-3-6(5)7/h1-2,4H,3H2. The van der Waals surface area contributed by atoms with Crippen molar-refractivity contribution in [3.05, 3.63) is 28.0 Å². The molecule has 2 rings (SSSR count). The van der Waals surface area contributed by atoms with E-state index >= 15 is 0 Å². The van der Waals surface area contributed by atoms with Crippen LogP contribution in [0.2, 0.25) is 0 Å². The summed E-state index contributed by atoms with van der Waals surface area (Å²) in [5.74, 6) is 0. The number of halogens is 1. The normalized spacial score (nSPS) is 13.7. The molecule has 1 aromatic rings. The quantitative estimate of drug-likeness (QED) is 0.622. The zero-order chi connectivity index (χ0) is 6.97. The molecule has 3 heteroatoms. The monoisotopic (exact) mass is 196 g/mol. The summed E-state index contributed by atoms with van der Waals surface area (Å²) in [4.78, 5) is 8.13. The Morgan fingerprint density at radius 3 is 3.10 bits per heavy atom. The fraction of sp³-hybridized carbons (Fsp3) is 0.143. The Labute approximate surface area is 67.1 Å². The molecule has 2 nitrogen and oxygen atoms in total. The Hall–Kier alpha value is -0.700. The minimum atomic E-state index is 0.790. The number of pyridine rings is 1. The number of rotatable bonds is 0. The lowest BCUT2D eigenvalue weighted by Crippen LogP contribution is -1.86. The topological polar surface area (TPSA) is 25.2 Å². The summed E-state index contributed by atoms with van der Waals surface area (Å²) in [7, 11) is 0. The minimum Gasteiger partial charge on any atom is -0.288 e. The predicted octanol–water partition coefficient (Wildman–Crippen LogP) is 1.78. The van der Waals surface area contributed by atoms with Crippen LogP contribution in [0.4, 0.5) is 0 Å². The van der Waals surface area contributed by atoms with Crippen molar-refractivity contribution < 1.29 is 0 Å². The first kappa shape index (κ1) is 6.04. The summed E-state index contributed by atoms with van der Waals surface area (Å²) in [6.45, 7) is 0.790. The van der Waals surface area contributed by atoms with E-state index in [1.54, 1.807) is 6.20 Å². The summed E-state index contributed by atoms with van der Waals surface area (Å²) in [5.41, 5.74) is 2.38. The maximum atomic E-state index is 4.12. The lowest BCUT2D eigenvalue weighted by Gasteiger charge is -1.96. The van der Waals surface area contributed by atoms with Gasteiger partial charge in [-0.25, -0.2) is 0 Å². The fourth-order valence-electron chi connectivity index (χ4n) is 0.990. The van der Waals surface area contributed by atoms with Crippen LogP contribution in [0.3, 0.4) is 0 Å². The zero-order valence-corrected chi connectivity index (χ0v) is 6.80. The third-order valence-corrected chi connectivity index (χ3v) is 2.20. The van der Waals surface area contributed by atoms with Gasteiger partial charge in [-0.2, -0.15) is 0 Å². The summed E-state index contributed by atoms with van der Waals surface area (Å²) in [6.07, 6.45) is 5.48. The summed E-state index contributed by atoms with van der Waals surface area (Å²) in [6, 6.07) is 0. The first-order valence-corrected chi connectivity index (χ1v) is 3.79. The average molecular weight is 197 g/mol. The number of hydrogen-bond donors (Lipinski definition) is 0. The molecule has 0 saturated carbocycles. The van der Waals surface area contributed by atoms with Gasteiger partial charge in [0.25, 0.3) is 0 Å². The van der Waals surface area contributed by atoms with Gasteiger partial charge in [0.1, 0.15) is 0 Å². The molecule has 0 aliphatic carbocycles. The first-order chi connectivity index (χ1) is 4.88. The van der Waals surface area contributed by atoms with Crippen LogP contribution < -0.4 is 0 Å². The van der Waals surface area contributed by atoms with Gasteiger partial charge < -0.3 is 0 Å². The Bertz CT molecular complexity index is 294. The zero-order valence-electron chi connectivity index (χ0n) is 5.21. The molecule has 10 heavy (non-hydrogen) atoms. The Kier molecular flexibility index (Phi) is 1.31. The van der Waals surface area contributed by atoms with Gasteiger partial charge in [0.05, 0.1) is 6.54 Å². The van der Waals surface area contributed by atoms with Crippen molar-refractivity contribution in [2.24, 2.45) is 4.99 Å². The van der Waals surface area contributed by atoms with Crippen molar-refractivity contribution in [2.45, 2.75) is 6.54 Å². The molecule has 1 aliphatic rings. The van der Waals surface area contributed by atoms with Crippen LogP contribution in [0, 0.1) is 0 Å². The van der Waals surface area contributed by atoms with Gasteiger partial charge in [0.15, 0.2) is 0 Å². The maximum absolute atomic E-state index is 4.12. The van der Waals surface area contributed by atoms with E-state index in [1.807, 2.05) is 12.4 Å². The fourth-order valence-corrected chi connectivity index (χ4v) is 1.46. The molecule has 0 atom stereocenters. The summed E-state index contributed by atoms with van der Waals surface area (Å²) in [5, 5.41) is 0. The molecule has 2 heterocycles. The summed E-state index contributed by atoms with van der Waals surface area (Å²) >= 11 is 3.40. The van der Waals surface area contributed by atoms with Gasteiger partial charge >= 0.3 is 0 Å². The van der Waals surface area contributed by atoms with Crippen LogP contribution in [-0.4, -0.2) is 11.2 Å². The van der Waals surface area contributed by atoms with E-state index in [2.05, 4.69) is 25.9 Å². The Morgan fingerprint density at radius 1 is 1.40 bits per heavy atom. The first-order valence-electron chi connectivity index (χ1n) is 3.00. The molecule has 0 unspecified atom stereocenters. The second-order valence-electron chi connectivity index (χ2n) is 2.16. The van der Waals surface area contributed by atoms with Crippen molar-refractivity contribution in [1.29, 1.82) is 0 Å². The number of aliphatic imine (C=N–C) groups is 1. The van der Waals surface area contributed by atoms with Gasteiger partial charge in [-0.15, -0.1) is 0 Å². The molecule has 0 radical (unpaired) electrons. The van der Waals surface area contributed by atoms with E-state index in [9.17, 15) is 0 Å². The lowest BCUT2D eigenvalue weighted by molar-refractivity contribution is 1.09. The summed E-state index contributed by atoms with van der Waals surface area (Å²) < 4.78 is 1.06. The van der Waals surface area contributed by atoms with Crippen LogP contribution in [0.25, 0.3) is 0 Å². The van der Waals surface area contributed by atoms with E-state index in [0.717, 1.165) is 16.6 Å². The number of nitrogens with zero attached hydrogens (tertiary/aromatic N) is 2. The number of aromatic nitrogens is 1. The van der Waals surface area contributed by atoms with Gasteiger partial charge in [-0.05, 0) is 21.5 Å². The third-order valence-electron chi connectivity index (χ3n) is 1.52. The molecular weight excluding hydrogens is 192 g/mol. The molecule has 0 aromatic carbocycles. The highest BCUT2D eigenvalue weighted by atomic mass is 79.9. The van der Waals surface area contributed by atoms with E-state index in [-0.39, 0.29) is 0 Å². The molecule has 0 spiro atoms. The van der Waals surface area contributed by atoms with Crippen LogP contribution in [0.5, 0.6) is 0 Å². The molecule has 0 saturated heterocycles. The molecule has 1 aromatic heterocycles. The largest absolute Gasteiger partial charge is 0.288 e.